The van der Waals surface area contributed by atoms with Crippen LogP contribution < -0.4 is 15.0 Å². The average Bonchev–Trinajstić information content (AvgIpc) is 3.26. The first-order chi connectivity index (χ1) is 15.9. The fourth-order valence-electron chi connectivity index (χ4n) is 3.68. The Labute approximate surface area is 197 Å². The van der Waals surface area contributed by atoms with E-state index in [0.29, 0.717) is 18.0 Å². The lowest BCUT2D eigenvalue weighted by Gasteiger charge is -2.33. The summed E-state index contributed by atoms with van der Waals surface area (Å²) in [5.41, 5.74) is 5.01. The van der Waals surface area contributed by atoms with Crippen molar-refractivity contribution in [3.63, 3.8) is 0 Å². The standard InChI is InChI=1S/C25H27N3O4S/c1-15-5-6-16(2)19(11-15)26-23(29)13-28-21-12-18(7-8-22(21)32-17(3)25(28)30)20-14-33-24(27-20)9-10-31-4/h5-8,11-12,14,17H,9-10,13H2,1-4H3,(H,26,29). The summed E-state index contributed by atoms with van der Waals surface area (Å²) in [5.74, 6) is 0.0491. The summed E-state index contributed by atoms with van der Waals surface area (Å²) in [5, 5.41) is 5.90. The van der Waals surface area contributed by atoms with Gasteiger partial charge in [-0.2, -0.15) is 0 Å². The molecule has 1 aliphatic rings. The van der Waals surface area contributed by atoms with Gasteiger partial charge in [-0.15, -0.1) is 11.3 Å². The van der Waals surface area contributed by atoms with Gasteiger partial charge in [0.25, 0.3) is 5.91 Å². The molecule has 33 heavy (non-hydrogen) atoms. The van der Waals surface area contributed by atoms with Crippen molar-refractivity contribution < 1.29 is 19.1 Å². The molecular weight excluding hydrogens is 438 g/mol. The molecule has 0 bridgehead atoms. The number of thiazole rings is 1. The molecule has 1 N–H and O–H groups in total. The normalized spacial score (nSPS) is 15.2. The zero-order valence-corrected chi connectivity index (χ0v) is 20.0. The van der Waals surface area contributed by atoms with Gasteiger partial charge in [0.2, 0.25) is 5.91 Å². The number of methoxy groups -OCH3 is 1. The van der Waals surface area contributed by atoms with Gasteiger partial charge in [-0.25, -0.2) is 4.98 Å². The van der Waals surface area contributed by atoms with Gasteiger partial charge in [-0.05, 0) is 56.2 Å². The third-order valence-corrected chi connectivity index (χ3v) is 6.41. The number of ether oxygens (including phenoxy) is 2. The molecule has 1 aromatic heterocycles. The van der Waals surface area contributed by atoms with E-state index in [1.165, 1.54) is 4.90 Å². The number of amides is 2. The summed E-state index contributed by atoms with van der Waals surface area (Å²) in [4.78, 5) is 32.0. The molecule has 8 heteroatoms. The maximum absolute atomic E-state index is 13.0. The van der Waals surface area contributed by atoms with E-state index < -0.39 is 6.10 Å². The average molecular weight is 466 g/mol. The molecular formula is C25H27N3O4S. The number of hydrogen-bond acceptors (Lipinski definition) is 6. The van der Waals surface area contributed by atoms with Gasteiger partial charge >= 0.3 is 0 Å². The smallest absolute Gasteiger partial charge is 0.268 e. The molecule has 1 unspecified atom stereocenters. The van der Waals surface area contributed by atoms with Crippen molar-refractivity contribution in [2.45, 2.75) is 33.3 Å². The van der Waals surface area contributed by atoms with Crippen LogP contribution >= 0.6 is 11.3 Å². The Hall–Kier alpha value is -3.23. The quantitative estimate of drug-likeness (QED) is 0.561. The molecule has 2 heterocycles. The van der Waals surface area contributed by atoms with E-state index in [0.717, 1.165) is 39.5 Å². The Bertz CT molecular complexity index is 1190. The van der Waals surface area contributed by atoms with Crippen molar-refractivity contribution in [3.8, 4) is 17.0 Å². The van der Waals surface area contributed by atoms with Gasteiger partial charge in [-0.1, -0.05) is 12.1 Å². The van der Waals surface area contributed by atoms with Gasteiger partial charge in [0, 0.05) is 30.2 Å². The number of nitrogens with zero attached hydrogens (tertiary/aromatic N) is 2. The van der Waals surface area contributed by atoms with E-state index in [1.807, 2.05) is 55.6 Å². The maximum atomic E-state index is 13.0. The summed E-state index contributed by atoms with van der Waals surface area (Å²) >= 11 is 1.57. The first-order valence-electron chi connectivity index (χ1n) is 10.8. The number of hydrogen-bond donors (Lipinski definition) is 1. The van der Waals surface area contributed by atoms with Crippen LogP contribution in [0.4, 0.5) is 11.4 Å². The minimum atomic E-state index is -0.670. The molecule has 4 rings (SSSR count). The highest BCUT2D eigenvalue weighted by Crippen LogP contribution is 2.37. The van der Waals surface area contributed by atoms with E-state index in [-0.39, 0.29) is 18.4 Å². The molecule has 2 aromatic carbocycles. The van der Waals surface area contributed by atoms with Crippen LogP contribution in [0.15, 0.2) is 41.8 Å². The molecule has 0 spiro atoms. The largest absolute Gasteiger partial charge is 0.479 e. The third-order valence-electron chi connectivity index (χ3n) is 5.50. The van der Waals surface area contributed by atoms with Gasteiger partial charge in [0.05, 0.1) is 23.0 Å². The summed E-state index contributed by atoms with van der Waals surface area (Å²) < 4.78 is 10.9. The van der Waals surface area contributed by atoms with Crippen LogP contribution in [0.5, 0.6) is 5.75 Å². The molecule has 0 fully saturated rings. The van der Waals surface area contributed by atoms with E-state index in [1.54, 1.807) is 25.4 Å². The van der Waals surface area contributed by atoms with E-state index >= 15 is 0 Å². The fraction of sp³-hybridized carbons (Fsp3) is 0.320. The predicted octanol–water partition coefficient (Wildman–Crippen LogP) is 4.37. The van der Waals surface area contributed by atoms with Crippen molar-refractivity contribution in [2.75, 3.05) is 30.5 Å². The van der Waals surface area contributed by atoms with Gasteiger partial charge in [-0.3, -0.25) is 14.5 Å². The number of benzene rings is 2. The van der Waals surface area contributed by atoms with Crippen molar-refractivity contribution >= 4 is 34.5 Å². The van der Waals surface area contributed by atoms with Gasteiger partial charge in [0.15, 0.2) is 6.10 Å². The highest BCUT2D eigenvalue weighted by Gasteiger charge is 2.33. The number of nitrogens with one attached hydrogen (secondary N) is 1. The van der Waals surface area contributed by atoms with Crippen LogP contribution in [-0.4, -0.2) is 43.2 Å². The van der Waals surface area contributed by atoms with Crippen LogP contribution in [0.2, 0.25) is 0 Å². The number of anilines is 2. The number of rotatable bonds is 7. The second-order valence-electron chi connectivity index (χ2n) is 8.10. The Morgan fingerprint density at radius 1 is 1.24 bits per heavy atom. The highest BCUT2D eigenvalue weighted by atomic mass is 32.1. The molecule has 0 aliphatic carbocycles. The lowest BCUT2D eigenvalue weighted by atomic mass is 10.1. The third kappa shape index (κ3) is 5.07. The molecule has 172 valence electrons. The number of carbonyl (C=O) groups is 2. The predicted molar refractivity (Wildman–Crippen MR) is 130 cm³/mol. The van der Waals surface area contributed by atoms with E-state index in [2.05, 4.69) is 10.3 Å². The molecule has 1 atom stereocenters. The van der Waals surface area contributed by atoms with Crippen LogP contribution in [0.25, 0.3) is 11.3 Å². The molecule has 0 saturated heterocycles. The van der Waals surface area contributed by atoms with Crippen molar-refractivity contribution in [1.29, 1.82) is 0 Å². The van der Waals surface area contributed by atoms with E-state index in [9.17, 15) is 9.59 Å². The number of fused-ring (bicyclic) bond motifs is 1. The molecule has 1 aliphatic heterocycles. The van der Waals surface area contributed by atoms with Crippen LogP contribution in [-0.2, 0) is 20.7 Å². The first kappa shape index (κ1) is 22.9. The second kappa shape index (κ2) is 9.72. The Morgan fingerprint density at radius 2 is 2.06 bits per heavy atom. The molecule has 3 aromatic rings. The summed E-state index contributed by atoms with van der Waals surface area (Å²) in [6, 6.07) is 11.5. The molecule has 0 radical (unpaired) electrons. The second-order valence-corrected chi connectivity index (χ2v) is 9.05. The molecule has 2 amide bonds. The Morgan fingerprint density at radius 3 is 2.85 bits per heavy atom. The van der Waals surface area contributed by atoms with Crippen LogP contribution in [0.3, 0.4) is 0 Å². The van der Waals surface area contributed by atoms with E-state index in [4.69, 9.17) is 9.47 Å². The lowest BCUT2D eigenvalue weighted by Crippen LogP contribution is -2.47. The first-order valence-corrected chi connectivity index (χ1v) is 11.7. The lowest BCUT2D eigenvalue weighted by molar-refractivity contribution is -0.127. The van der Waals surface area contributed by atoms with Crippen molar-refractivity contribution in [1.82, 2.24) is 4.98 Å². The van der Waals surface area contributed by atoms with Gasteiger partial charge < -0.3 is 14.8 Å². The van der Waals surface area contributed by atoms with Crippen molar-refractivity contribution in [3.05, 3.63) is 57.9 Å². The topological polar surface area (TPSA) is 80.8 Å². The summed E-state index contributed by atoms with van der Waals surface area (Å²) in [6.45, 7) is 6.11. The fourth-order valence-corrected chi connectivity index (χ4v) is 4.47. The zero-order chi connectivity index (χ0) is 23.5. The molecule has 0 saturated carbocycles. The Balaban J connectivity index is 1.59. The minimum Gasteiger partial charge on any atom is -0.479 e. The van der Waals surface area contributed by atoms with Crippen LogP contribution in [0.1, 0.15) is 23.1 Å². The number of aryl methyl sites for hydroxylation is 2. The summed E-state index contributed by atoms with van der Waals surface area (Å²) in [7, 11) is 1.67. The zero-order valence-electron chi connectivity index (χ0n) is 19.2. The van der Waals surface area contributed by atoms with Crippen molar-refractivity contribution in [2.24, 2.45) is 0 Å². The van der Waals surface area contributed by atoms with Gasteiger partial charge in [0.1, 0.15) is 12.3 Å². The minimum absolute atomic E-state index is 0.105. The Kier molecular flexibility index (Phi) is 6.76. The summed E-state index contributed by atoms with van der Waals surface area (Å²) in [6.07, 6.45) is 0.0763. The molecule has 7 nitrogen and oxygen atoms in total. The maximum Gasteiger partial charge on any atom is 0.268 e. The highest BCUT2D eigenvalue weighted by molar-refractivity contribution is 7.09. The monoisotopic (exact) mass is 465 g/mol. The number of carbonyl (C=O) groups excluding carboxylic acids is 2. The van der Waals surface area contributed by atoms with Crippen LogP contribution in [0, 0.1) is 13.8 Å². The SMILES string of the molecule is COCCc1nc(-c2ccc3c(c2)N(CC(=O)Nc2cc(C)ccc2C)C(=O)C(C)O3)cs1. The number of aromatic nitrogens is 1.